The summed E-state index contributed by atoms with van der Waals surface area (Å²) in [6, 6.07) is 8.48. The summed E-state index contributed by atoms with van der Waals surface area (Å²) in [6.45, 7) is 7.42. The minimum atomic E-state index is 0.188. The number of benzene rings is 1. The Hall–Kier alpha value is -1.81. The fourth-order valence-electron chi connectivity index (χ4n) is 3.90. The molecule has 2 atom stereocenters. The van der Waals surface area contributed by atoms with E-state index >= 15 is 0 Å². The van der Waals surface area contributed by atoms with Gasteiger partial charge >= 0.3 is 0 Å². The lowest BCUT2D eigenvalue weighted by molar-refractivity contribution is -0.119. The van der Waals surface area contributed by atoms with E-state index in [-0.39, 0.29) is 18.1 Å². The lowest BCUT2D eigenvalue weighted by Gasteiger charge is -2.31. The zero-order chi connectivity index (χ0) is 17.8. The van der Waals surface area contributed by atoms with Gasteiger partial charge < -0.3 is 14.6 Å². The summed E-state index contributed by atoms with van der Waals surface area (Å²) in [4.78, 5) is 18.3. The first-order valence-electron chi connectivity index (χ1n) is 9.55. The molecule has 3 rings (SSSR count). The average molecular weight is 342 g/mol. The molecule has 0 radical (unpaired) electrons. The van der Waals surface area contributed by atoms with Gasteiger partial charge in [0.05, 0.1) is 6.10 Å². The highest BCUT2D eigenvalue weighted by Gasteiger charge is 2.25. The van der Waals surface area contributed by atoms with Crippen LogP contribution in [0.3, 0.4) is 0 Å². The van der Waals surface area contributed by atoms with Crippen LogP contribution in [0.4, 0.5) is 5.69 Å². The zero-order valence-corrected chi connectivity index (χ0v) is 15.6. The smallest absolute Gasteiger partial charge is 0.227 e. The van der Waals surface area contributed by atoms with Crippen molar-refractivity contribution < 1.29 is 9.53 Å². The molecule has 136 valence electrons. The number of anilines is 1. The van der Waals surface area contributed by atoms with Crippen molar-refractivity contribution in [1.82, 2.24) is 4.98 Å². The molecule has 0 aliphatic carbocycles. The van der Waals surface area contributed by atoms with Crippen molar-refractivity contribution in [2.45, 2.75) is 65.0 Å². The normalized spacial score (nSPS) is 18.8. The number of carbonyl (C=O) groups is 1. The Kier molecular flexibility index (Phi) is 5.79. The molecule has 0 spiro atoms. The second-order valence-electron chi connectivity index (χ2n) is 7.67. The van der Waals surface area contributed by atoms with Crippen LogP contribution in [0.15, 0.2) is 30.5 Å². The van der Waals surface area contributed by atoms with Crippen LogP contribution in [0.2, 0.25) is 0 Å². The summed E-state index contributed by atoms with van der Waals surface area (Å²) in [6.07, 6.45) is 6.79. The Morgan fingerprint density at radius 3 is 2.88 bits per heavy atom. The third-order valence-electron chi connectivity index (χ3n) is 5.04. The van der Waals surface area contributed by atoms with Crippen LogP contribution in [0.25, 0.3) is 10.9 Å². The molecule has 1 saturated heterocycles. The molecular weight excluding hydrogens is 312 g/mol. The van der Waals surface area contributed by atoms with Gasteiger partial charge in [0, 0.05) is 41.9 Å². The number of amides is 1. The second-order valence-corrected chi connectivity index (χ2v) is 7.67. The number of carbonyl (C=O) groups excluding carboxylic acids is 1. The maximum Gasteiger partial charge on any atom is 0.227 e. The highest BCUT2D eigenvalue weighted by Crippen LogP contribution is 2.27. The van der Waals surface area contributed by atoms with E-state index in [1.165, 1.54) is 0 Å². The number of ether oxygens (including phenoxy) is 1. The van der Waals surface area contributed by atoms with Crippen LogP contribution in [-0.4, -0.2) is 29.6 Å². The van der Waals surface area contributed by atoms with Crippen molar-refractivity contribution >= 4 is 22.5 Å². The van der Waals surface area contributed by atoms with Crippen molar-refractivity contribution in [2.24, 2.45) is 5.92 Å². The summed E-state index contributed by atoms with van der Waals surface area (Å²) >= 11 is 0. The number of rotatable bonds is 7. The number of aromatic amines is 1. The Morgan fingerprint density at radius 1 is 1.32 bits per heavy atom. The number of H-pyrrole nitrogens is 1. The number of fused-ring (bicyclic) bond motifs is 1. The Morgan fingerprint density at radius 2 is 2.16 bits per heavy atom. The van der Waals surface area contributed by atoms with Crippen LogP contribution in [0.5, 0.6) is 0 Å². The topological polar surface area (TPSA) is 45.3 Å². The van der Waals surface area contributed by atoms with Crippen LogP contribution in [0.1, 0.15) is 52.9 Å². The molecule has 1 aromatic carbocycles. The first-order chi connectivity index (χ1) is 12.0. The molecule has 2 heterocycles. The molecular formula is C21H30N2O2. The van der Waals surface area contributed by atoms with Gasteiger partial charge in [0.15, 0.2) is 0 Å². The molecule has 1 amide bonds. The first-order valence-corrected chi connectivity index (χ1v) is 9.55. The number of hydrogen-bond donors (Lipinski definition) is 1. The standard InChI is InChI=1S/C21H30N2O2/c1-15(2)13-16(3)23(21(24)9-7-19-5-4-12-25-19)18-6-8-20-17(14-18)10-11-22-20/h6,8,10-11,14-16,19,22H,4-5,7,9,12-13H2,1-3H3/t16-,19+/m0/s1. The Labute approximate surface area is 150 Å². The summed E-state index contributed by atoms with van der Waals surface area (Å²) in [5.41, 5.74) is 2.10. The van der Waals surface area contributed by atoms with Gasteiger partial charge in [-0.3, -0.25) is 4.79 Å². The highest BCUT2D eigenvalue weighted by molar-refractivity contribution is 5.96. The number of aromatic nitrogens is 1. The molecule has 25 heavy (non-hydrogen) atoms. The highest BCUT2D eigenvalue weighted by atomic mass is 16.5. The predicted octanol–water partition coefficient (Wildman–Crippen LogP) is 4.89. The second kappa shape index (κ2) is 8.05. The Bertz CT molecular complexity index is 701. The van der Waals surface area contributed by atoms with Gasteiger partial charge in [-0.1, -0.05) is 13.8 Å². The average Bonchev–Trinajstić information content (AvgIpc) is 3.23. The van der Waals surface area contributed by atoms with Crippen LogP contribution >= 0.6 is 0 Å². The van der Waals surface area contributed by atoms with E-state index in [1.807, 2.05) is 11.1 Å². The minimum Gasteiger partial charge on any atom is -0.378 e. The quantitative estimate of drug-likeness (QED) is 0.778. The van der Waals surface area contributed by atoms with E-state index < -0.39 is 0 Å². The molecule has 2 aromatic rings. The van der Waals surface area contributed by atoms with Crippen LogP contribution in [-0.2, 0) is 9.53 Å². The van der Waals surface area contributed by atoms with Gasteiger partial charge in [-0.2, -0.15) is 0 Å². The zero-order valence-electron chi connectivity index (χ0n) is 15.6. The van der Waals surface area contributed by atoms with E-state index in [2.05, 4.69) is 50.0 Å². The fourth-order valence-corrected chi connectivity index (χ4v) is 3.90. The monoisotopic (exact) mass is 342 g/mol. The molecule has 0 unspecified atom stereocenters. The van der Waals surface area contributed by atoms with E-state index in [4.69, 9.17) is 4.74 Å². The SMILES string of the molecule is CC(C)C[C@H](C)N(C(=O)CC[C@H]1CCCO1)c1ccc2[nH]ccc2c1. The lowest BCUT2D eigenvalue weighted by atomic mass is 10.0. The molecule has 1 aliphatic heterocycles. The third-order valence-corrected chi connectivity index (χ3v) is 5.04. The number of hydrogen-bond acceptors (Lipinski definition) is 2. The van der Waals surface area contributed by atoms with Crippen LogP contribution < -0.4 is 4.90 Å². The van der Waals surface area contributed by atoms with Crippen LogP contribution in [0, 0.1) is 5.92 Å². The summed E-state index contributed by atoms with van der Waals surface area (Å²) in [5, 5.41) is 1.14. The molecule has 1 aromatic heterocycles. The summed E-state index contributed by atoms with van der Waals surface area (Å²) in [7, 11) is 0. The van der Waals surface area contributed by atoms with E-state index in [1.54, 1.807) is 0 Å². The van der Waals surface area contributed by atoms with E-state index in [0.29, 0.717) is 12.3 Å². The third kappa shape index (κ3) is 4.43. The minimum absolute atomic E-state index is 0.188. The Balaban J connectivity index is 1.78. The molecule has 4 nitrogen and oxygen atoms in total. The van der Waals surface area contributed by atoms with Gasteiger partial charge in [-0.05, 0) is 62.8 Å². The van der Waals surface area contributed by atoms with Crippen molar-refractivity contribution in [2.75, 3.05) is 11.5 Å². The molecule has 0 bridgehead atoms. The summed E-state index contributed by atoms with van der Waals surface area (Å²) in [5.74, 6) is 0.762. The molecule has 1 fully saturated rings. The maximum absolute atomic E-state index is 13.1. The molecule has 4 heteroatoms. The molecule has 0 saturated carbocycles. The summed E-state index contributed by atoms with van der Waals surface area (Å²) < 4.78 is 5.69. The number of nitrogens with one attached hydrogen (secondary N) is 1. The van der Waals surface area contributed by atoms with Gasteiger partial charge in [-0.25, -0.2) is 0 Å². The number of nitrogens with zero attached hydrogens (tertiary/aromatic N) is 1. The lowest BCUT2D eigenvalue weighted by Crippen LogP contribution is -2.39. The molecule has 1 N–H and O–H groups in total. The predicted molar refractivity (Wildman–Crippen MR) is 103 cm³/mol. The van der Waals surface area contributed by atoms with Crippen molar-refractivity contribution in [3.05, 3.63) is 30.5 Å². The first kappa shape index (κ1) is 18.0. The van der Waals surface area contributed by atoms with Gasteiger partial charge in [0.1, 0.15) is 0 Å². The van der Waals surface area contributed by atoms with Crippen molar-refractivity contribution in [1.29, 1.82) is 0 Å². The largest absolute Gasteiger partial charge is 0.378 e. The van der Waals surface area contributed by atoms with E-state index in [0.717, 1.165) is 48.9 Å². The fraction of sp³-hybridized carbons (Fsp3) is 0.571. The van der Waals surface area contributed by atoms with E-state index in [9.17, 15) is 4.79 Å². The molecule has 1 aliphatic rings. The van der Waals surface area contributed by atoms with Crippen molar-refractivity contribution in [3.63, 3.8) is 0 Å². The maximum atomic E-state index is 13.1. The van der Waals surface area contributed by atoms with Gasteiger partial charge in [0.2, 0.25) is 5.91 Å². The van der Waals surface area contributed by atoms with Gasteiger partial charge in [-0.15, -0.1) is 0 Å². The van der Waals surface area contributed by atoms with Gasteiger partial charge in [0.25, 0.3) is 0 Å². The van der Waals surface area contributed by atoms with Crippen molar-refractivity contribution in [3.8, 4) is 0 Å².